The van der Waals surface area contributed by atoms with Crippen LogP contribution in [0.2, 0.25) is 0 Å². The van der Waals surface area contributed by atoms with Gasteiger partial charge in [0.1, 0.15) is 0 Å². The first-order valence-corrected chi connectivity index (χ1v) is 8.93. The van der Waals surface area contributed by atoms with Crippen molar-refractivity contribution in [2.45, 2.75) is 44.2 Å². The zero-order valence-electron chi connectivity index (χ0n) is 13.1. The number of nitrogens with one attached hydrogen (secondary N) is 1. The van der Waals surface area contributed by atoms with E-state index in [9.17, 15) is 4.79 Å². The third-order valence-electron chi connectivity index (χ3n) is 4.38. The molecule has 0 aromatic carbocycles. The minimum absolute atomic E-state index is 0.0111. The van der Waals surface area contributed by atoms with E-state index in [0.29, 0.717) is 30.2 Å². The Hall–Kier alpha value is -1.73. The Morgan fingerprint density at radius 3 is 3.04 bits per heavy atom. The lowest BCUT2D eigenvalue weighted by molar-refractivity contribution is 0.0785. The topological polar surface area (TPSA) is 71.3 Å². The van der Waals surface area contributed by atoms with E-state index < -0.39 is 0 Å². The molecule has 4 rings (SSSR count). The van der Waals surface area contributed by atoms with Gasteiger partial charge in [0.05, 0.1) is 11.4 Å². The highest BCUT2D eigenvalue weighted by Crippen LogP contribution is 2.38. The van der Waals surface area contributed by atoms with Crippen LogP contribution in [0.4, 0.5) is 0 Å². The monoisotopic (exact) mass is 332 g/mol. The summed E-state index contributed by atoms with van der Waals surface area (Å²) >= 11 is 1.58. The number of rotatable bonds is 5. The molecule has 122 valence electrons. The molecule has 1 aliphatic carbocycles. The fraction of sp³-hybridized carbons (Fsp3) is 0.562. The Kier molecular flexibility index (Phi) is 3.90. The van der Waals surface area contributed by atoms with Crippen molar-refractivity contribution in [3.8, 4) is 0 Å². The molecule has 1 atom stereocenters. The molecule has 0 bridgehead atoms. The lowest BCUT2D eigenvalue weighted by Crippen LogP contribution is -2.26. The second-order valence-electron chi connectivity index (χ2n) is 6.34. The van der Waals surface area contributed by atoms with Gasteiger partial charge in [-0.05, 0) is 44.4 Å². The lowest BCUT2D eigenvalue weighted by Gasteiger charge is -2.13. The van der Waals surface area contributed by atoms with Crippen LogP contribution in [0.5, 0.6) is 0 Å². The molecule has 0 spiro atoms. The quantitative estimate of drug-likeness (QED) is 0.911. The summed E-state index contributed by atoms with van der Waals surface area (Å²) in [7, 11) is 1.78. The highest BCUT2D eigenvalue weighted by Gasteiger charge is 2.30. The molecule has 23 heavy (non-hydrogen) atoms. The van der Waals surface area contributed by atoms with E-state index in [1.165, 1.54) is 11.3 Å². The van der Waals surface area contributed by atoms with E-state index in [0.717, 1.165) is 30.7 Å². The van der Waals surface area contributed by atoms with E-state index in [1.54, 1.807) is 23.3 Å². The van der Waals surface area contributed by atoms with Gasteiger partial charge in [0.25, 0.3) is 5.91 Å². The third-order valence-corrected chi connectivity index (χ3v) is 5.56. The maximum absolute atomic E-state index is 12.6. The van der Waals surface area contributed by atoms with Crippen molar-refractivity contribution in [3.05, 3.63) is 33.6 Å². The summed E-state index contributed by atoms with van der Waals surface area (Å²) in [6.45, 7) is 1.44. The van der Waals surface area contributed by atoms with Crippen LogP contribution >= 0.6 is 11.3 Å². The zero-order chi connectivity index (χ0) is 15.8. The van der Waals surface area contributed by atoms with Crippen molar-refractivity contribution in [2.24, 2.45) is 0 Å². The molecule has 1 amide bonds. The number of aromatic nitrogens is 2. The van der Waals surface area contributed by atoms with E-state index in [4.69, 9.17) is 4.52 Å². The van der Waals surface area contributed by atoms with Gasteiger partial charge < -0.3 is 14.7 Å². The van der Waals surface area contributed by atoms with Gasteiger partial charge in [-0.1, -0.05) is 5.16 Å². The van der Waals surface area contributed by atoms with Crippen molar-refractivity contribution in [2.75, 3.05) is 13.6 Å². The average Bonchev–Trinajstić information content (AvgIpc) is 3.02. The van der Waals surface area contributed by atoms with Gasteiger partial charge in [-0.2, -0.15) is 4.98 Å². The molecule has 7 heteroatoms. The summed E-state index contributed by atoms with van der Waals surface area (Å²) < 4.78 is 5.24. The fourth-order valence-corrected chi connectivity index (χ4v) is 3.99. The molecule has 3 heterocycles. The van der Waals surface area contributed by atoms with E-state index in [2.05, 4.69) is 21.5 Å². The summed E-state index contributed by atoms with van der Waals surface area (Å²) in [5.41, 5.74) is 0. The first-order valence-electron chi connectivity index (χ1n) is 8.12. The smallest absolute Gasteiger partial charge is 0.264 e. The van der Waals surface area contributed by atoms with Crippen LogP contribution in [-0.2, 0) is 6.54 Å². The van der Waals surface area contributed by atoms with Crippen LogP contribution in [0.1, 0.15) is 63.9 Å². The number of thiophene rings is 1. The Bertz CT molecular complexity index is 701. The molecule has 0 unspecified atom stereocenters. The second-order valence-corrected chi connectivity index (χ2v) is 7.45. The number of hydrogen-bond acceptors (Lipinski definition) is 6. The van der Waals surface area contributed by atoms with Gasteiger partial charge in [-0.3, -0.25) is 4.79 Å². The highest BCUT2D eigenvalue weighted by molar-refractivity contribution is 7.14. The molecule has 1 saturated carbocycles. The van der Waals surface area contributed by atoms with Gasteiger partial charge in [-0.15, -0.1) is 11.3 Å². The standard InChI is InChI=1S/C16H20N4O2S/c1-20(9-14-18-15(22-19-14)10-4-5-10)16(21)13-7-6-12(23-13)11-3-2-8-17-11/h6-7,10-11,17H,2-5,8-9H2,1H3/t11-/m0/s1. The van der Waals surface area contributed by atoms with Crippen LogP contribution in [0, 0.1) is 0 Å². The van der Waals surface area contributed by atoms with E-state index in [-0.39, 0.29) is 5.91 Å². The van der Waals surface area contributed by atoms with E-state index >= 15 is 0 Å². The van der Waals surface area contributed by atoms with Crippen LogP contribution in [0.25, 0.3) is 0 Å². The van der Waals surface area contributed by atoms with Gasteiger partial charge in [0.2, 0.25) is 5.89 Å². The molecule has 6 nitrogen and oxygen atoms in total. The Labute approximate surface area is 138 Å². The number of hydrogen-bond donors (Lipinski definition) is 1. The molecule has 1 aliphatic heterocycles. The van der Waals surface area contributed by atoms with Gasteiger partial charge in [0.15, 0.2) is 5.82 Å². The van der Waals surface area contributed by atoms with Crippen molar-refractivity contribution >= 4 is 17.2 Å². The lowest BCUT2D eigenvalue weighted by atomic mass is 10.2. The van der Waals surface area contributed by atoms with Gasteiger partial charge in [0, 0.05) is 23.9 Å². The largest absolute Gasteiger partial charge is 0.339 e. The maximum atomic E-state index is 12.6. The third kappa shape index (κ3) is 3.16. The first kappa shape index (κ1) is 14.8. The Morgan fingerprint density at radius 1 is 1.43 bits per heavy atom. The predicted molar refractivity (Wildman–Crippen MR) is 86.4 cm³/mol. The van der Waals surface area contributed by atoms with Crippen LogP contribution < -0.4 is 5.32 Å². The highest BCUT2D eigenvalue weighted by atomic mass is 32.1. The minimum atomic E-state index is 0.0111. The molecule has 2 aromatic rings. The normalized spacial score (nSPS) is 20.8. The molecule has 1 saturated heterocycles. The Morgan fingerprint density at radius 2 is 2.30 bits per heavy atom. The molecule has 2 aliphatic rings. The number of nitrogens with zero attached hydrogens (tertiary/aromatic N) is 3. The van der Waals surface area contributed by atoms with E-state index in [1.807, 2.05) is 6.07 Å². The molecular formula is C16H20N4O2S. The zero-order valence-corrected chi connectivity index (χ0v) is 13.9. The van der Waals surface area contributed by atoms with Crippen molar-refractivity contribution in [1.82, 2.24) is 20.4 Å². The maximum Gasteiger partial charge on any atom is 0.264 e. The van der Waals surface area contributed by atoms with Crippen LogP contribution in [-0.4, -0.2) is 34.5 Å². The van der Waals surface area contributed by atoms with Crippen molar-refractivity contribution in [3.63, 3.8) is 0 Å². The van der Waals surface area contributed by atoms with Gasteiger partial charge >= 0.3 is 0 Å². The number of carbonyl (C=O) groups is 1. The SMILES string of the molecule is CN(Cc1noc(C2CC2)n1)C(=O)c1ccc([C@@H]2CCCN2)s1. The predicted octanol–water partition coefficient (Wildman–Crippen LogP) is 2.71. The summed E-state index contributed by atoms with van der Waals surface area (Å²) in [5.74, 6) is 1.75. The van der Waals surface area contributed by atoms with Crippen LogP contribution in [0.15, 0.2) is 16.7 Å². The summed E-state index contributed by atoms with van der Waals surface area (Å²) in [6.07, 6.45) is 4.61. The van der Waals surface area contributed by atoms with Crippen LogP contribution in [0.3, 0.4) is 0 Å². The molecule has 1 N–H and O–H groups in total. The first-order chi connectivity index (χ1) is 11.2. The number of carbonyl (C=O) groups excluding carboxylic acids is 1. The molecular weight excluding hydrogens is 312 g/mol. The summed E-state index contributed by atoms with van der Waals surface area (Å²) in [4.78, 5) is 20.6. The van der Waals surface area contributed by atoms with Crippen molar-refractivity contribution in [1.29, 1.82) is 0 Å². The minimum Gasteiger partial charge on any atom is -0.339 e. The summed E-state index contributed by atoms with van der Waals surface area (Å²) in [6, 6.07) is 4.39. The fourth-order valence-electron chi connectivity index (χ4n) is 2.88. The molecule has 2 aromatic heterocycles. The Balaban J connectivity index is 1.40. The number of amides is 1. The second kappa shape index (κ2) is 6.05. The summed E-state index contributed by atoms with van der Waals surface area (Å²) in [5, 5.41) is 7.44. The van der Waals surface area contributed by atoms with Gasteiger partial charge in [-0.25, -0.2) is 0 Å². The molecule has 2 fully saturated rings. The van der Waals surface area contributed by atoms with Crippen molar-refractivity contribution < 1.29 is 9.32 Å². The molecule has 0 radical (unpaired) electrons. The average molecular weight is 332 g/mol.